The number of aryl methyl sites for hydroxylation is 1. The first-order valence-corrected chi connectivity index (χ1v) is 4.09. The molecule has 0 heterocycles. The summed E-state index contributed by atoms with van der Waals surface area (Å²) in [5.41, 5.74) is 6.58. The third-order valence-corrected chi connectivity index (χ3v) is 1.83. The van der Waals surface area contributed by atoms with Crippen molar-refractivity contribution in [2.45, 2.75) is 12.8 Å². The fourth-order valence-corrected chi connectivity index (χ4v) is 1.20. The minimum atomic E-state index is -0.423. The van der Waals surface area contributed by atoms with Gasteiger partial charge >= 0.3 is 0 Å². The summed E-state index contributed by atoms with van der Waals surface area (Å²) in [6, 6.07) is 7.14. The minimum absolute atomic E-state index is 0.423. The van der Waals surface area contributed by atoms with Crippen molar-refractivity contribution in [3.05, 3.63) is 42.0 Å². The third kappa shape index (κ3) is 2.56. The Morgan fingerprint density at radius 1 is 1.46 bits per heavy atom. The van der Waals surface area contributed by atoms with Crippen LogP contribution in [0.1, 0.15) is 22.3 Å². The summed E-state index contributed by atoms with van der Waals surface area (Å²) in [7, 11) is 0. The largest absolute Gasteiger partial charge is 0.390 e. The van der Waals surface area contributed by atoms with Gasteiger partial charge in [-0.25, -0.2) is 0 Å². The number of hydrogen-bond acceptors (Lipinski definition) is 2. The van der Waals surface area contributed by atoms with E-state index in [1.54, 1.807) is 12.1 Å². The maximum Gasteiger partial charge on any atom is 0.248 e. The molecule has 0 atom stereocenters. The van der Waals surface area contributed by atoms with Gasteiger partial charge in [0, 0.05) is 5.56 Å². The van der Waals surface area contributed by atoms with E-state index in [0.29, 0.717) is 18.4 Å². The number of primary amides is 1. The highest BCUT2D eigenvalue weighted by Crippen LogP contribution is 2.10. The zero-order valence-corrected chi connectivity index (χ0v) is 7.23. The van der Waals surface area contributed by atoms with Crippen molar-refractivity contribution in [1.29, 1.82) is 0 Å². The lowest BCUT2D eigenvalue weighted by atomic mass is 10.0. The van der Waals surface area contributed by atoms with Gasteiger partial charge in [-0.1, -0.05) is 18.2 Å². The van der Waals surface area contributed by atoms with Crippen LogP contribution in [0.3, 0.4) is 0 Å². The Balaban J connectivity index is 2.84. The van der Waals surface area contributed by atoms with Gasteiger partial charge in [-0.2, -0.15) is 0 Å². The highest BCUT2D eigenvalue weighted by atomic mass is 16.2. The number of nitrogens with two attached hydrogens (primary N) is 1. The molecular formula is C10H12NO2. The Morgan fingerprint density at radius 2 is 2.15 bits per heavy atom. The lowest BCUT2D eigenvalue weighted by Gasteiger charge is -2.04. The van der Waals surface area contributed by atoms with E-state index >= 15 is 0 Å². The molecule has 0 bridgehead atoms. The van der Waals surface area contributed by atoms with Gasteiger partial charge in [0.05, 0.1) is 6.61 Å². The van der Waals surface area contributed by atoms with Crippen LogP contribution in [0.25, 0.3) is 0 Å². The van der Waals surface area contributed by atoms with E-state index in [4.69, 9.17) is 10.8 Å². The smallest absolute Gasteiger partial charge is 0.248 e. The van der Waals surface area contributed by atoms with E-state index < -0.39 is 5.91 Å². The third-order valence-electron chi connectivity index (χ3n) is 1.83. The number of hydrogen-bond donors (Lipinski definition) is 2. The number of amides is 1. The quantitative estimate of drug-likeness (QED) is 0.728. The second-order valence-electron chi connectivity index (χ2n) is 2.74. The van der Waals surface area contributed by atoms with E-state index in [0.717, 1.165) is 12.2 Å². The molecule has 0 fully saturated rings. The molecule has 0 saturated heterocycles. The van der Waals surface area contributed by atoms with Gasteiger partial charge in [-0.15, -0.1) is 0 Å². The number of aliphatic hydroxyl groups is 1. The molecule has 13 heavy (non-hydrogen) atoms. The SMILES string of the molecule is NC(=O)c1ccccc1CC[CH]O. The zero-order chi connectivity index (χ0) is 9.68. The van der Waals surface area contributed by atoms with Crippen LogP contribution in [0.5, 0.6) is 0 Å². The van der Waals surface area contributed by atoms with Crippen molar-refractivity contribution >= 4 is 5.91 Å². The summed E-state index contributed by atoms with van der Waals surface area (Å²) >= 11 is 0. The van der Waals surface area contributed by atoms with Crippen molar-refractivity contribution in [3.8, 4) is 0 Å². The molecule has 1 amide bonds. The lowest BCUT2D eigenvalue weighted by Crippen LogP contribution is -2.13. The number of benzene rings is 1. The predicted molar refractivity (Wildman–Crippen MR) is 49.5 cm³/mol. The summed E-state index contributed by atoms with van der Waals surface area (Å²) in [5, 5.41) is 8.52. The maximum absolute atomic E-state index is 10.9. The minimum Gasteiger partial charge on any atom is -0.390 e. The van der Waals surface area contributed by atoms with Crippen LogP contribution in [0.15, 0.2) is 24.3 Å². The number of carbonyl (C=O) groups is 1. The van der Waals surface area contributed by atoms with Crippen LogP contribution in [-0.2, 0) is 6.42 Å². The molecule has 3 nitrogen and oxygen atoms in total. The molecule has 1 radical (unpaired) electrons. The van der Waals surface area contributed by atoms with Crippen molar-refractivity contribution in [2.75, 3.05) is 0 Å². The summed E-state index contributed by atoms with van der Waals surface area (Å²) in [6.07, 6.45) is 1.17. The number of aliphatic hydroxyl groups excluding tert-OH is 1. The van der Waals surface area contributed by atoms with Gasteiger partial charge in [0.1, 0.15) is 0 Å². The topological polar surface area (TPSA) is 63.3 Å². The van der Waals surface area contributed by atoms with Gasteiger partial charge in [-0.05, 0) is 24.5 Å². The molecule has 0 aliphatic heterocycles. The maximum atomic E-state index is 10.9. The van der Waals surface area contributed by atoms with Crippen LogP contribution < -0.4 is 5.73 Å². The molecule has 69 valence electrons. The molecule has 0 aliphatic rings. The molecule has 0 spiro atoms. The monoisotopic (exact) mass is 178 g/mol. The Kier molecular flexibility index (Phi) is 3.46. The number of rotatable bonds is 4. The van der Waals surface area contributed by atoms with E-state index in [1.165, 1.54) is 0 Å². The summed E-state index contributed by atoms with van der Waals surface area (Å²) in [4.78, 5) is 10.9. The molecule has 0 unspecified atom stereocenters. The van der Waals surface area contributed by atoms with Crippen LogP contribution >= 0.6 is 0 Å². The van der Waals surface area contributed by atoms with E-state index in [9.17, 15) is 4.79 Å². The highest BCUT2D eigenvalue weighted by Gasteiger charge is 2.05. The van der Waals surface area contributed by atoms with E-state index in [1.807, 2.05) is 12.1 Å². The van der Waals surface area contributed by atoms with E-state index in [-0.39, 0.29) is 0 Å². The van der Waals surface area contributed by atoms with Gasteiger partial charge in [0.15, 0.2) is 0 Å². The van der Waals surface area contributed by atoms with Gasteiger partial charge < -0.3 is 10.8 Å². The fourth-order valence-electron chi connectivity index (χ4n) is 1.20. The highest BCUT2D eigenvalue weighted by molar-refractivity contribution is 5.94. The summed E-state index contributed by atoms with van der Waals surface area (Å²) in [5.74, 6) is -0.423. The van der Waals surface area contributed by atoms with E-state index in [2.05, 4.69) is 0 Å². The van der Waals surface area contributed by atoms with Crippen molar-refractivity contribution in [2.24, 2.45) is 5.73 Å². The first kappa shape index (κ1) is 9.74. The summed E-state index contributed by atoms with van der Waals surface area (Å²) in [6.45, 7) is 1.08. The van der Waals surface area contributed by atoms with Gasteiger partial charge in [0.2, 0.25) is 5.91 Å². The molecule has 3 heteroatoms. The molecule has 1 rings (SSSR count). The summed E-state index contributed by atoms with van der Waals surface area (Å²) < 4.78 is 0. The Morgan fingerprint density at radius 3 is 2.77 bits per heavy atom. The Labute approximate surface area is 77.2 Å². The Hall–Kier alpha value is -1.35. The first-order valence-electron chi connectivity index (χ1n) is 4.09. The lowest BCUT2D eigenvalue weighted by molar-refractivity contribution is 0.0999. The second-order valence-corrected chi connectivity index (χ2v) is 2.74. The van der Waals surface area contributed by atoms with Gasteiger partial charge in [0.25, 0.3) is 0 Å². The zero-order valence-electron chi connectivity index (χ0n) is 7.23. The Bertz CT molecular complexity index is 297. The van der Waals surface area contributed by atoms with Crippen LogP contribution in [0.4, 0.5) is 0 Å². The van der Waals surface area contributed by atoms with Crippen LogP contribution in [0.2, 0.25) is 0 Å². The molecule has 1 aromatic carbocycles. The van der Waals surface area contributed by atoms with Gasteiger partial charge in [-0.3, -0.25) is 4.79 Å². The molecule has 3 N–H and O–H groups in total. The average Bonchev–Trinajstić information content (AvgIpc) is 2.15. The molecule has 0 aliphatic carbocycles. The van der Waals surface area contributed by atoms with Crippen molar-refractivity contribution in [1.82, 2.24) is 0 Å². The fraction of sp³-hybridized carbons (Fsp3) is 0.200. The van der Waals surface area contributed by atoms with Crippen molar-refractivity contribution in [3.63, 3.8) is 0 Å². The molecular weight excluding hydrogens is 166 g/mol. The average molecular weight is 178 g/mol. The molecule has 0 aromatic heterocycles. The second kappa shape index (κ2) is 4.62. The van der Waals surface area contributed by atoms with Crippen LogP contribution in [0, 0.1) is 6.61 Å². The van der Waals surface area contributed by atoms with Crippen molar-refractivity contribution < 1.29 is 9.90 Å². The molecule has 0 saturated carbocycles. The normalized spacial score (nSPS) is 9.92. The first-order chi connectivity index (χ1) is 6.25. The predicted octanol–water partition coefficient (Wildman–Crippen LogP) is 1.25. The van der Waals surface area contributed by atoms with Crippen LogP contribution in [-0.4, -0.2) is 11.0 Å². The molecule has 1 aromatic rings. The standard InChI is InChI=1S/C10H12NO2/c11-10(13)9-6-2-1-4-8(9)5-3-7-12/h1-2,4,6-7,12H,3,5H2,(H2,11,13). The number of carbonyl (C=O) groups excluding carboxylic acids is 1.